The predicted octanol–water partition coefficient (Wildman–Crippen LogP) is 3.99. The van der Waals surface area contributed by atoms with Gasteiger partial charge in [0.1, 0.15) is 11.5 Å². The van der Waals surface area contributed by atoms with Gasteiger partial charge in [0.25, 0.3) is 0 Å². The first kappa shape index (κ1) is 14.5. The second-order valence-electron chi connectivity index (χ2n) is 5.32. The number of nitrogens with one attached hydrogen (secondary N) is 1. The Morgan fingerprint density at radius 1 is 1.15 bits per heavy atom. The Labute approximate surface area is 121 Å². The summed E-state index contributed by atoms with van der Waals surface area (Å²) in [6.45, 7) is 9.20. The molecule has 20 heavy (non-hydrogen) atoms. The number of hydrogen-bond acceptors (Lipinski definition) is 3. The van der Waals surface area contributed by atoms with Gasteiger partial charge in [0, 0.05) is 18.8 Å². The summed E-state index contributed by atoms with van der Waals surface area (Å²) in [5.41, 5.74) is 3.31. The zero-order chi connectivity index (χ0) is 14.5. The molecule has 0 bridgehead atoms. The Balaban J connectivity index is 2.12. The fourth-order valence-electron chi connectivity index (χ4n) is 1.95. The molecule has 0 saturated heterocycles. The van der Waals surface area contributed by atoms with Crippen molar-refractivity contribution in [3.8, 4) is 11.5 Å². The minimum absolute atomic E-state index is 0.490. The SMILES string of the molecule is Cc1cc(CNC(C)C)ccc1Oc1cccnc1C. The molecule has 0 amide bonds. The van der Waals surface area contributed by atoms with Crippen molar-refractivity contribution < 1.29 is 4.74 Å². The third kappa shape index (κ3) is 3.81. The Bertz CT molecular complexity index is 579. The van der Waals surface area contributed by atoms with E-state index in [-0.39, 0.29) is 0 Å². The van der Waals surface area contributed by atoms with Gasteiger partial charge in [0.15, 0.2) is 0 Å². The molecule has 0 aliphatic carbocycles. The maximum Gasteiger partial charge on any atom is 0.148 e. The number of aryl methyl sites for hydroxylation is 2. The van der Waals surface area contributed by atoms with Crippen LogP contribution in [0.3, 0.4) is 0 Å². The number of hydrogen-bond donors (Lipinski definition) is 1. The third-order valence-corrected chi connectivity index (χ3v) is 3.13. The molecule has 3 nitrogen and oxygen atoms in total. The number of pyridine rings is 1. The minimum atomic E-state index is 0.490. The highest BCUT2D eigenvalue weighted by Crippen LogP contribution is 2.27. The summed E-state index contributed by atoms with van der Waals surface area (Å²) in [5, 5.41) is 3.42. The van der Waals surface area contributed by atoms with E-state index in [0.717, 1.165) is 29.3 Å². The molecule has 2 aromatic rings. The summed E-state index contributed by atoms with van der Waals surface area (Å²) < 4.78 is 5.94. The van der Waals surface area contributed by atoms with Gasteiger partial charge in [0.2, 0.25) is 0 Å². The lowest BCUT2D eigenvalue weighted by molar-refractivity contribution is 0.471. The highest BCUT2D eigenvalue weighted by molar-refractivity contribution is 5.40. The highest BCUT2D eigenvalue weighted by atomic mass is 16.5. The highest BCUT2D eigenvalue weighted by Gasteiger charge is 2.05. The lowest BCUT2D eigenvalue weighted by Gasteiger charge is -2.13. The first-order valence-electron chi connectivity index (χ1n) is 6.98. The minimum Gasteiger partial charge on any atom is -0.455 e. The maximum atomic E-state index is 5.94. The number of rotatable bonds is 5. The molecule has 1 heterocycles. The van der Waals surface area contributed by atoms with Crippen LogP contribution in [-0.4, -0.2) is 11.0 Å². The summed E-state index contributed by atoms with van der Waals surface area (Å²) in [5.74, 6) is 1.69. The molecule has 0 unspecified atom stereocenters. The van der Waals surface area contributed by atoms with E-state index in [9.17, 15) is 0 Å². The first-order chi connectivity index (χ1) is 9.56. The van der Waals surface area contributed by atoms with E-state index in [1.807, 2.05) is 25.1 Å². The van der Waals surface area contributed by atoms with Gasteiger partial charge in [-0.3, -0.25) is 4.98 Å². The number of ether oxygens (including phenoxy) is 1. The standard InChI is InChI=1S/C17H22N2O/c1-12(2)19-11-15-7-8-16(13(3)10-15)20-17-6-5-9-18-14(17)4/h5-10,12,19H,11H2,1-4H3. The molecule has 2 rings (SSSR count). The molecular formula is C17H22N2O. The second-order valence-corrected chi connectivity index (χ2v) is 5.32. The average molecular weight is 270 g/mol. The number of benzene rings is 1. The molecule has 1 aromatic heterocycles. The van der Waals surface area contributed by atoms with E-state index < -0.39 is 0 Å². The molecule has 3 heteroatoms. The van der Waals surface area contributed by atoms with Gasteiger partial charge in [-0.1, -0.05) is 26.0 Å². The van der Waals surface area contributed by atoms with Crippen molar-refractivity contribution in [1.29, 1.82) is 0 Å². The second kappa shape index (κ2) is 6.53. The van der Waals surface area contributed by atoms with Crippen LogP contribution in [0.5, 0.6) is 11.5 Å². The van der Waals surface area contributed by atoms with Crippen LogP contribution >= 0.6 is 0 Å². The van der Waals surface area contributed by atoms with E-state index in [0.29, 0.717) is 6.04 Å². The molecule has 0 fully saturated rings. The molecule has 0 radical (unpaired) electrons. The monoisotopic (exact) mass is 270 g/mol. The zero-order valence-corrected chi connectivity index (χ0v) is 12.6. The van der Waals surface area contributed by atoms with Gasteiger partial charge in [-0.2, -0.15) is 0 Å². The van der Waals surface area contributed by atoms with Crippen molar-refractivity contribution in [2.24, 2.45) is 0 Å². The quantitative estimate of drug-likeness (QED) is 0.892. The fourth-order valence-corrected chi connectivity index (χ4v) is 1.95. The molecule has 0 spiro atoms. The van der Waals surface area contributed by atoms with Gasteiger partial charge in [-0.05, 0) is 43.2 Å². The van der Waals surface area contributed by atoms with Gasteiger partial charge in [-0.15, -0.1) is 0 Å². The van der Waals surface area contributed by atoms with Crippen LogP contribution in [-0.2, 0) is 6.54 Å². The molecular weight excluding hydrogens is 248 g/mol. The van der Waals surface area contributed by atoms with E-state index in [4.69, 9.17) is 4.74 Å². The smallest absolute Gasteiger partial charge is 0.148 e. The number of nitrogens with zero attached hydrogens (tertiary/aromatic N) is 1. The normalized spacial score (nSPS) is 10.8. The third-order valence-electron chi connectivity index (χ3n) is 3.13. The van der Waals surface area contributed by atoms with Crippen LogP contribution < -0.4 is 10.1 Å². The zero-order valence-electron chi connectivity index (χ0n) is 12.6. The van der Waals surface area contributed by atoms with Crippen molar-refractivity contribution in [1.82, 2.24) is 10.3 Å². The Morgan fingerprint density at radius 3 is 2.60 bits per heavy atom. The molecule has 0 aliphatic heterocycles. The Hall–Kier alpha value is -1.87. The van der Waals surface area contributed by atoms with E-state index in [1.54, 1.807) is 6.20 Å². The van der Waals surface area contributed by atoms with Crippen LogP contribution in [0.4, 0.5) is 0 Å². The van der Waals surface area contributed by atoms with Crippen LogP contribution in [0.15, 0.2) is 36.5 Å². The van der Waals surface area contributed by atoms with Crippen LogP contribution in [0, 0.1) is 13.8 Å². The summed E-state index contributed by atoms with van der Waals surface area (Å²) in [6.07, 6.45) is 1.77. The van der Waals surface area contributed by atoms with E-state index >= 15 is 0 Å². The first-order valence-corrected chi connectivity index (χ1v) is 6.98. The average Bonchev–Trinajstić information content (AvgIpc) is 2.41. The van der Waals surface area contributed by atoms with Crippen LogP contribution in [0.1, 0.15) is 30.7 Å². The summed E-state index contributed by atoms with van der Waals surface area (Å²) in [4.78, 5) is 4.24. The Morgan fingerprint density at radius 2 is 1.95 bits per heavy atom. The van der Waals surface area contributed by atoms with Gasteiger partial charge >= 0.3 is 0 Å². The molecule has 0 saturated carbocycles. The largest absolute Gasteiger partial charge is 0.455 e. The van der Waals surface area contributed by atoms with Crippen LogP contribution in [0.25, 0.3) is 0 Å². The molecule has 1 N–H and O–H groups in total. The molecule has 106 valence electrons. The molecule has 1 aromatic carbocycles. The van der Waals surface area contributed by atoms with Crippen molar-refractivity contribution in [3.05, 3.63) is 53.3 Å². The van der Waals surface area contributed by atoms with Gasteiger partial charge < -0.3 is 10.1 Å². The van der Waals surface area contributed by atoms with Crippen molar-refractivity contribution in [3.63, 3.8) is 0 Å². The fraction of sp³-hybridized carbons (Fsp3) is 0.353. The Kier molecular flexibility index (Phi) is 4.74. The summed E-state index contributed by atoms with van der Waals surface area (Å²) in [7, 11) is 0. The topological polar surface area (TPSA) is 34.1 Å². The van der Waals surface area contributed by atoms with Crippen molar-refractivity contribution >= 4 is 0 Å². The molecule has 0 aliphatic rings. The van der Waals surface area contributed by atoms with Crippen LogP contribution in [0.2, 0.25) is 0 Å². The maximum absolute atomic E-state index is 5.94. The lowest BCUT2D eigenvalue weighted by Crippen LogP contribution is -2.21. The lowest BCUT2D eigenvalue weighted by atomic mass is 10.1. The van der Waals surface area contributed by atoms with E-state index in [2.05, 4.69) is 43.2 Å². The van der Waals surface area contributed by atoms with Crippen molar-refractivity contribution in [2.75, 3.05) is 0 Å². The van der Waals surface area contributed by atoms with Crippen molar-refractivity contribution in [2.45, 2.75) is 40.3 Å². The number of aromatic nitrogens is 1. The van der Waals surface area contributed by atoms with E-state index in [1.165, 1.54) is 5.56 Å². The van der Waals surface area contributed by atoms with Gasteiger partial charge in [0.05, 0.1) is 5.69 Å². The van der Waals surface area contributed by atoms with Gasteiger partial charge in [-0.25, -0.2) is 0 Å². The summed E-state index contributed by atoms with van der Waals surface area (Å²) >= 11 is 0. The predicted molar refractivity (Wildman–Crippen MR) is 82.2 cm³/mol. The molecule has 0 atom stereocenters. The summed E-state index contributed by atoms with van der Waals surface area (Å²) in [6, 6.07) is 10.6.